The first-order valence-corrected chi connectivity index (χ1v) is 8.55. The van der Waals surface area contributed by atoms with Crippen molar-refractivity contribution in [1.29, 1.82) is 0 Å². The predicted octanol–water partition coefficient (Wildman–Crippen LogP) is -0.484. The molecule has 0 radical (unpaired) electrons. The molecule has 2 heterocycles. The number of aromatic amines is 1. The highest BCUT2D eigenvalue weighted by Crippen LogP contribution is 2.27. The maximum atomic E-state index is 12.0. The largest absolute Gasteiger partial charge is 0.481 e. The second kappa shape index (κ2) is 8.70. The van der Waals surface area contributed by atoms with Gasteiger partial charge >= 0.3 is 5.69 Å². The molecule has 0 bridgehead atoms. The lowest BCUT2D eigenvalue weighted by molar-refractivity contribution is -0.384. The predicted molar refractivity (Wildman–Crippen MR) is 98.4 cm³/mol. The monoisotopic (exact) mass is 403 g/mol. The average molecular weight is 403 g/mol. The van der Waals surface area contributed by atoms with Gasteiger partial charge in [0, 0.05) is 24.8 Å². The zero-order valence-electron chi connectivity index (χ0n) is 15.0. The summed E-state index contributed by atoms with van der Waals surface area (Å²) >= 11 is 0. The number of aromatic nitrogens is 2. The molecule has 3 rings (SSSR count). The summed E-state index contributed by atoms with van der Waals surface area (Å²) in [5.74, 6) is 5.58. The Morgan fingerprint density at radius 2 is 2.07 bits per heavy atom. The van der Waals surface area contributed by atoms with Gasteiger partial charge in [0.25, 0.3) is 11.2 Å². The number of nitro benzene ring substituents is 1. The van der Waals surface area contributed by atoms with Crippen molar-refractivity contribution in [1.82, 2.24) is 9.55 Å². The van der Waals surface area contributed by atoms with E-state index >= 15 is 0 Å². The number of aliphatic hydroxyl groups is 2. The minimum absolute atomic E-state index is 0.0116. The van der Waals surface area contributed by atoms with Gasteiger partial charge in [-0.2, -0.15) is 0 Å². The van der Waals surface area contributed by atoms with Crippen LogP contribution in [0, 0.1) is 22.0 Å². The van der Waals surface area contributed by atoms with Gasteiger partial charge in [-0.15, -0.1) is 0 Å². The minimum Gasteiger partial charge on any atom is -0.481 e. The number of nitrogens with one attached hydrogen (secondary N) is 1. The van der Waals surface area contributed by atoms with E-state index in [4.69, 9.17) is 14.6 Å². The number of rotatable bonds is 5. The molecule has 1 aliphatic rings. The lowest BCUT2D eigenvalue weighted by atomic mass is 10.2. The topological polar surface area (TPSA) is 157 Å². The van der Waals surface area contributed by atoms with E-state index in [9.17, 15) is 24.8 Å². The van der Waals surface area contributed by atoms with E-state index in [1.807, 2.05) is 0 Å². The maximum absolute atomic E-state index is 12.0. The van der Waals surface area contributed by atoms with Gasteiger partial charge in [-0.1, -0.05) is 11.8 Å². The highest BCUT2D eigenvalue weighted by Gasteiger charge is 2.35. The van der Waals surface area contributed by atoms with Crippen LogP contribution in [0.3, 0.4) is 0 Å². The van der Waals surface area contributed by atoms with Gasteiger partial charge in [-0.05, 0) is 12.1 Å². The molecule has 152 valence electrons. The van der Waals surface area contributed by atoms with Crippen LogP contribution in [-0.4, -0.2) is 50.1 Å². The van der Waals surface area contributed by atoms with Crippen LogP contribution in [0.15, 0.2) is 40.1 Å². The van der Waals surface area contributed by atoms with Crippen LogP contribution in [-0.2, 0) is 4.74 Å². The standard InChI is InChI=1S/C18H17N3O8/c22-10-15-14(23)8-16(29-15)20-9-11(17(24)19-18(20)25)2-1-7-28-13-5-3-12(4-6-13)21(26)27/h3-6,9,14-16,22-23H,7-8,10H2,(H,19,24,25)/t14-,15+,16+/m0/s1. The first-order valence-electron chi connectivity index (χ1n) is 8.55. The van der Waals surface area contributed by atoms with Crippen LogP contribution in [0.1, 0.15) is 18.2 Å². The van der Waals surface area contributed by atoms with Crippen LogP contribution in [0.4, 0.5) is 5.69 Å². The molecule has 0 unspecified atom stereocenters. The van der Waals surface area contributed by atoms with E-state index in [-0.39, 0.29) is 24.3 Å². The van der Waals surface area contributed by atoms with Gasteiger partial charge in [0.05, 0.1) is 17.6 Å². The first kappa shape index (κ1) is 20.3. The molecule has 29 heavy (non-hydrogen) atoms. The van der Waals surface area contributed by atoms with Crippen molar-refractivity contribution in [3.63, 3.8) is 0 Å². The summed E-state index contributed by atoms with van der Waals surface area (Å²) in [5.41, 5.74) is -1.49. The molecule has 0 spiro atoms. The van der Waals surface area contributed by atoms with Crippen molar-refractivity contribution in [2.24, 2.45) is 0 Å². The quantitative estimate of drug-likeness (QED) is 0.343. The number of non-ortho nitro benzene ring substituents is 1. The second-order valence-corrected chi connectivity index (χ2v) is 6.17. The number of nitro groups is 1. The Bertz CT molecular complexity index is 1060. The molecule has 1 aromatic carbocycles. The number of nitrogens with zero attached hydrogens (tertiary/aromatic N) is 2. The lowest BCUT2D eigenvalue weighted by Crippen LogP contribution is -2.33. The smallest absolute Gasteiger partial charge is 0.330 e. The van der Waals surface area contributed by atoms with Crippen LogP contribution >= 0.6 is 0 Å². The number of ether oxygens (including phenoxy) is 2. The van der Waals surface area contributed by atoms with E-state index in [2.05, 4.69) is 16.8 Å². The summed E-state index contributed by atoms with van der Waals surface area (Å²) in [5, 5.41) is 29.6. The zero-order valence-corrected chi connectivity index (χ0v) is 15.0. The van der Waals surface area contributed by atoms with Gasteiger partial charge in [0.15, 0.2) is 0 Å². The Morgan fingerprint density at radius 1 is 1.34 bits per heavy atom. The van der Waals surface area contributed by atoms with Crippen molar-refractivity contribution in [3.05, 3.63) is 67.0 Å². The van der Waals surface area contributed by atoms with Crippen molar-refractivity contribution < 1.29 is 24.6 Å². The average Bonchev–Trinajstić information content (AvgIpc) is 3.07. The Labute approximate surface area is 163 Å². The Morgan fingerprint density at radius 3 is 2.69 bits per heavy atom. The molecule has 11 heteroatoms. The van der Waals surface area contributed by atoms with Gasteiger partial charge in [0.2, 0.25) is 0 Å². The molecule has 1 saturated heterocycles. The fourth-order valence-electron chi connectivity index (χ4n) is 2.75. The van der Waals surface area contributed by atoms with Crippen molar-refractivity contribution in [3.8, 4) is 17.6 Å². The fourth-order valence-corrected chi connectivity index (χ4v) is 2.75. The minimum atomic E-state index is -0.937. The third-order valence-corrected chi connectivity index (χ3v) is 4.24. The number of hydrogen-bond acceptors (Lipinski definition) is 8. The third kappa shape index (κ3) is 4.69. The van der Waals surface area contributed by atoms with Crippen molar-refractivity contribution in [2.45, 2.75) is 24.9 Å². The van der Waals surface area contributed by atoms with E-state index < -0.39 is 41.2 Å². The summed E-state index contributed by atoms with van der Waals surface area (Å²) in [6.07, 6.45) is -1.30. The van der Waals surface area contributed by atoms with Gasteiger partial charge in [0.1, 0.15) is 30.3 Å². The van der Waals surface area contributed by atoms with Crippen molar-refractivity contribution in [2.75, 3.05) is 13.2 Å². The molecule has 0 aliphatic carbocycles. The summed E-state index contributed by atoms with van der Waals surface area (Å²) < 4.78 is 11.8. The molecule has 2 aromatic rings. The summed E-state index contributed by atoms with van der Waals surface area (Å²) in [7, 11) is 0. The number of aliphatic hydroxyl groups excluding tert-OH is 2. The van der Waals surface area contributed by atoms with Gasteiger partial charge in [-0.25, -0.2) is 4.79 Å². The van der Waals surface area contributed by atoms with Gasteiger partial charge < -0.3 is 19.7 Å². The van der Waals surface area contributed by atoms with Crippen LogP contribution in [0.2, 0.25) is 0 Å². The molecular formula is C18H17N3O8. The van der Waals surface area contributed by atoms with Crippen LogP contribution in [0.25, 0.3) is 0 Å². The summed E-state index contributed by atoms with van der Waals surface area (Å²) in [6, 6.07) is 5.43. The van der Waals surface area contributed by atoms with Crippen LogP contribution in [0.5, 0.6) is 5.75 Å². The Hall–Kier alpha value is -3.46. The fraction of sp³-hybridized carbons (Fsp3) is 0.333. The normalized spacial score (nSPS) is 20.7. The highest BCUT2D eigenvalue weighted by atomic mass is 16.6. The number of benzene rings is 1. The first-order chi connectivity index (χ1) is 13.9. The molecule has 3 N–H and O–H groups in total. The van der Waals surface area contributed by atoms with Crippen LogP contribution < -0.4 is 16.0 Å². The Balaban J connectivity index is 1.71. The summed E-state index contributed by atoms with van der Waals surface area (Å²) in [6.45, 7) is -0.496. The number of hydrogen-bond donors (Lipinski definition) is 3. The van der Waals surface area contributed by atoms with E-state index in [1.54, 1.807) is 0 Å². The molecule has 1 aromatic heterocycles. The summed E-state index contributed by atoms with van der Waals surface area (Å²) in [4.78, 5) is 36.2. The molecular weight excluding hydrogens is 386 g/mol. The third-order valence-electron chi connectivity index (χ3n) is 4.24. The zero-order chi connectivity index (χ0) is 21.0. The van der Waals surface area contributed by atoms with Crippen molar-refractivity contribution >= 4 is 5.69 Å². The molecule has 3 atom stereocenters. The molecule has 0 saturated carbocycles. The molecule has 1 fully saturated rings. The number of H-pyrrole nitrogens is 1. The molecule has 1 aliphatic heterocycles. The van der Waals surface area contributed by atoms with E-state index in [0.717, 1.165) is 4.57 Å². The lowest BCUT2D eigenvalue weighted by Gasteiger charge is -2.14. The Kier molecular flexibility index (Phi) is 6.08. The molecule has 11 nitrogen and oxygen atoms in total. The van der Waals surface area contributed by atoms with Gasteiger partial charge in [-0.3, -0.25) is 24.5 Å². The van der Waals surface area contributed by atoms with E-state index in [1.165, 1.54) is 30.5 Å². The maximum Gasteiger partial charge on any atom is 0.330 e. The SMILES string of the molecule is O=c1[nH]c(=O)n([C@H]2C[C@H](O)[C@@H](CO)O2)cc1C#CCOc1ccc([N+](=O)[O-])cc1. The molecule has 0 amide bonds. The highest BCUT2D eigenvalue weighted by molar-refractivity contribution is 5.36. The second-order valence-electron chi connectivity index (χ2n) is 6.17. The van der Waals surface area contributed by atoms with E-state index in [0.29, 0.717) is 5.75 Å².